The molecule has 1 aliphatic heterocycles. The van der Waals surface area contributed by atoms with Crippen LogP contribution in [0.3, 0.4) is 0 Å². The van der Waals surface area contributed by atoms with Gasteiger partial charge in [-0.1, -0.05) is 13.3 Å². The van der Waals surface area contributed by atoms with Crippen molar-refractivity contribution < 1.29 is 13.2 Å². The van der Waals surface area contributed by atoms with Crippen molar-refractivity contribution in [3.05, 3.63) is 17.0 Å². The van der Waals surface area contributed by atoms with E-state index in [9.17, 15) is 8.42 Å². The number of morpholine rings is 1. The van der Waals surface area contributed by atoms with Crippen LogP contribution in [0.2, 0.25) is 0 Å². The molecular formula is C16H29IN4O3S2. The minimum atomic E-state index is -3.42. The average Bonchev–Trinajstić information content (AvgIpc) is 3.10. The van der Waals surface area contributed by atoms with Crippen LogP contribution in [0.4, 0.5) is 0 Å². The van der Waals surface area contributed by atoms with Crippen LogP contribution in [0.25, 0.3) is 0 Å². The van der Waals surface area contributed by atoms with Gasteiger partial charge in [0.1, 0.15) is 4.21 Å². The van der Waals surface area contributed by atoms with E-state index in [0.717, 1.165) is 36.8 Å². The molecule has 0 aliphatic carbocycles. The van der Waals surface area contributed by atoms with Crippen LogP contribution in [-0.4, -0.2) is 58.1 Å². The Kier molecular flexibility index (Phi) is 11.0. The van der Waals surface area contributed by atoms with E-state index in [1.807, 2.05) is 13.0 Å². The Bertz CT molecular complexity index is 658. The molecule has 0 spiro atoms. The molecule has 1 aromatic rings. The molecule has 1 fully saturated rings. The van der Waals surface area contributed by atoms with E-state index in [1.165, 1.54) is 15.6 Å². The Balaban J connectivity index is 0.00000338. The van der Waals surface area contributed by atoms with E-state index < -0.39 is 10.0 Å². The van der Waals surface area contributed by atoms with Gasteiger partial charge in [0.15, 0.2) is 5.96 Å². The molecule has 0 aromatic carbocycles. The number of unbranched alkanes of at least 4 members (excludes halogenated alkanes) is 1. The lowest BCUT2D eigenvalue weighted by atomic mass is 10.3. The lowest BCUT2D eigenvalue weighted by Gasteiger charge is -2.25. The summed E-state index contributed by atoms with van der Waals surface area (Å²) in [6.07, 6.45) is 2.21. The summed E-state index contributed by atoms with van der Waals surface area (Å²) < 4.78 is 32.4. The van der Waals surface area contributed by atoms with Crippen LogP contribution in [-0.2, 0) is 21.3 Å². The number of hydrogen-bond donors (Lipinski definition) is 2. The monoisotopic (exact) mass is 516 g/mol. The molecule has 0 radical (unpaired) electrons. The van der Waals surface area contributed by atoms with Crippen molar-refractivity contribution in [2.24, 2.45) is 4.99 Å². The highest BCUT2D eigenvalue weighted by Crippen LogP contribution is 2.26. The molecule has 26 heavy (non-hydrogen) atoms. The number of thiophene rings is 1. The first-order chi connectivity index (χ1) is 12.1. The number of halogens is 1. The Labute approximate surface area is 177 Å². The molecule has 1 saturated heterocycles. The quantitative estimate of drug-likeness (QED) is 0.240. The van der Waals surface area contributed by atoms with Crippen LogP contribution >= 0.6 is 35.3 Å². The maximum absolute atomic E-state index is 12.6. The maximum atomic E-state index is 12.6. The van der Waals surface area contributed by atoms with Crippen molar-refractivity contribution in [2.45, 2.75) is 37.4 Å². The predicted octanol–water partition coefficient (Wildman–Crippen LogP) is 2.24. The molecule has 0 saturated carbocycles. The molecule has 0 unspecified atom stereocenters. The summed E-state index contributed by atoms with van der Waals surface area (Å²) in [5.41, 5.74) is 0. The van der Waals surface area contributed by atoms with Gasteiger partial charge in [-0.15, -0.1) is 35.3 Å². The SMILES string of the molecule is CCCCNC(=NCc1ccc(S(=O)(=O)N2CCOCC2)s1)NCC.I. The van der Waals surface area contributed by atoms with Gasteiger partial charge in [0, 0.05) is 31.1 Å². The normalized spacial score (nSPS) is 16.2. The molecule has 7 nitrogen and oxygen atoms in total. The summed E-state index contributed by atoms with van der Waals surface area (Å²) >= 11 is 1.29. The second kappa shape index (κ2) is 12.1. The first-order valence-corrected chi connectivity index (χ1v) is 11.0. The maximum Gasteiger partial charge on any atom is 0.252 e. The minimum absolute atomic E-state index is 0. The molecule has 2 N–H and O–H groups in total. The second-order valence-corrected chi connectivity index (χ2v) is 9.05. The largest absolute Gasteiger partial charge is 0.379 e. The van der Waals surface area contributed by atoms with Gasteiger partial charge in [-0.05, 0) is 25.5 Å². The van der Waals surface area contributed by atoms with Crippen molar-refractivity contribution >= 4 is 51.3 Å². The van der Waals surface area contributed by atoms with Gasteiger partial charge in [0.25, 0.3) is 10.0 Å². The number of ether oxygens (including phenoxy) is 1. The number of sulfonamides is 1. The summed E-state index contributed by atoms with van der Waals surface area (Å²) in [5.74, 6) is 0.766. The number of aliphatic imine (C=N–C) groups is 1. The summed E-state index contributed by atoms with van der Waals surface area (Å²) in [6.45, 7) is 8.05. The molecule has 1 aliphatic rings. The van der Waals surface area contributed by atoms with Crippen molar-refractivity contribution in [2.75, 3.05) is 39.4 Å². The molecule has 150 valence electrons. The standard InChI is InChI=1S/C16H28N4O3S2.HI/c1-3-5-8-18-16(17-4-2)19-13-14-6-7-15(24-14)25(21,22)20-9-11-23-12-10-20;/h6-7H,3-5,8-13H2,1-2H3,(H2,17,18,19);1H. The van der Waals surface area contributed by atoms with Crippen molar-refractivity contribution in [3.63, 3.8) is 0 Å². The molecule has 0 bridgehead atoms. The average molecular weight is 516 g/mol. The van der Waals surface area contributed by atoms with E-state index in [-0.39, 0.29) is 24.0 Å². The van der Waals surface area contributed by atoms with E-state index in [4.69, 9.17) is 4.74 Å². The third kappa shape index (κ3) is 6.95. The number of nitrogens with zero attached hydrogens (tertiary/aromatic N) is 2. The molecule has 1 aromatic heterocycles. The Morgan fingerprint density at radius 1 is 1.27 bits per heavy atom. The van der Waals surface area contributed by atoms with Gasteiger partial charge in [0.05, 0.1) is 19.8 Å². The van der Waals surface area contributed by atoms with Crippen LogP contribution in [0.1, 0.15) is 31.6 Å². The highest BCUT2D eigenvalue weighted by Gasteiger charge is 2.27. The number of guanidine groups is 1. The fourth-order valence-corrected chi connectivity index (χ4v) is 5.22. The molecule has 2 heterocycles. The van der Waals surface area contributed by atoms with Crippen LogP contribution in [0.5, 0.6) is 0 Å². The van der Waals surface area contributed by atoms with Gasteiger partial charge in [0.2, 0.25) is 0 Å². The smallest absolute Gasteiger partial charge is 0.252 e. The van der Waals surface area contributed by atoms with Gasteiger partial charge >= 0.3 is 0 Å². The first kappa shape index (κ1) is 23.6. The Morgan fingerprint density at radius 2 is 2.00 bits per heavy atom. The molecule has 2 rings (SSSR count). The molecule has 10 heteroatoms. The van der Waals surface area contributed by atoms with Crippen molar-refractivity contribution in [3.8, 4) is 0 Å². The van der Waals surface area contributed by atoms with Gasteiger partial charge in [-0.3, -0.25) is 0 Å². The summed E-state index contributed by atoms with van der Waals surface area (Å²) in [6, 6.07) is 3.52. The van der Waals surface area contributed by atoms with Gasteiger partial charge in [-0.2, -0.15) is 4.31 Å². The summed E-state index contributed by atoms with van der Waals surface area (Å²) in [5, 5.41) is 6.49. The number of rotatable bonds is 8. The highest BCUT2D eigenvalue weighted by molar-refractivity contribution is 14.0. The Morgan fingerprint density at radius 3 is 2.65 bits per heavy atom. The second-order valence-electron chi connectivity index (χ2n) is 5.71. The zero-order valence-corrected chi connectivity index (χ0v) is 19.3. The number of nitrogens with one attached hydrogen (secondary N) is 2. The third-order valence-electron chi connectivity index (χ3n) is 3.76. The van der Waals surface area contributed by atoms with E-state index >= 15 is 0 Å². The lowest BCUT2D eigenvalue weighted by molar-refractivity contribution is 0.0731. The zero-order valence-electron chi connectivity index (χ0n) is 15.4. The van der Waals surface area contributed by atoms with E-state index in [1.54, 1.807) is 6.07 Å². The topological polar surface area (TPSA) is 83.0 Å². The fourth-order valence-electron chi connectivity index (χ4n) is 2.38. The van der Waals surface area contributed by atoms with Crippen molar-refractivity contribution in [1.82, 2.24) is 14.9 Å². The fraction of sp³-hybridized carbons (Fsp3) is 0.688. The molecule has 0 atom stereocenters. The minimum Gasteiger partial charge on any atom is -0.379 e. The number of hydrogen-bond acceptors (Lipinski definition) is 5. The third-order valence-corrected chi connectivity index (χ3v) is 7.20. The van der Waals surface area contributed by atoms with Gasteiger partial charge < -0.3 is 15.4 Å². The predicted molar refractivity (Wildman–Crippen MR) is 117 cm³/mol. The highest BCUT2D eigenvalue weighted by atomic mass is 127. The van der Waals surface area contributed by atoms with E-state index in [0.29, 0.717) is 37.1 Å². The van der Waals surface area contributed by atoms with Gasteiger partial charge in [-0.25, -0.2) is 13.4 Å². The van der Waals surface area contributed by atoms with Crippen molar-refractivity contribution in [1.29, 1.82) is 0 Å². The van der Waals surface area contributed by atoms with Crippen LogP contribution < -0.4 is 10.6 Å². The molecule has 0 amide bonds. The zero-order chi connectivity index (χ0) is 18.1. The van der Waals surface area contributed by atoms with E-state index in [2.05, 4.69) is 22.5 Å². The Hall–Kier alpha value is -0.430. The summed E-state index contributed by atoms with van der Waals surface area (Å²) in [7, 11) is -3.42. The van der Waals surface area contributed by atoms with Crippen LogP contribution in [0.15, 0.2) is 21.3 Å². The summed E-state index contributed by atoms with van der Waals surface area (Å²) in [4.78, 5) is 5.47. The van der Waals surface area contributed by atoms with Crippen LogP contribution in [0, 0.1) is 0 Å². The lowest BCUT2D eigenvalue weighted by Crippen LogP contribution is -2.40. The molecular weight excluding hydrogens is 487 g/mol. The first-order valence-electron chi connectivity index (χ1n) is 8.76.